The SMILES string of the molecule is COc1cccc(-n2nnc(C(=O)NS(C)(=O)=O)c2C)c1. The zero-order valence-corrected chi connectivity index (χ0v) is 12.5. The maximum Gasteiger partial charge on any atom is 0.287 e. The van der Waals surface area contributed by atoms with Gasteiger partial charge in [-0.3, -0.25) is 4.79 Å². The van der Waals surface area contributed by atoms with Gasteiger partial charge in [0.2, 0.25) is 10.0 Å². The van der Waals surface area contributed by atoms with E-state index in [1.54, 1.807) is 31.2 Å². The van der Waals surface area contributed by atoms with Gasteiger partial charge in [-0.05, 0) is 19.1 Å². The molecule has 0 bridgehead atoms. The van der Waals surface area contributed by atoms with Crippen LogP contribution in [0.15, 0.2) is 24.3 Å². The number of hydrogen-bond acceptors (Lipinski definition) is 6. The number of nitrogens with one attached hydrogen (secondary N) is 1. The van der Waals surface area contributed by atoms with Crippen molar-refractivity contribution in [3.05, 3.63) is 35.7 Å². The lowest BCUT2D eigenvalue weighted by Gasteiger charge is -2.06. The van der Waals surface area contributed by atoms with Crippen molar-refractivity contribution >= 4 is 15.9 Å². The van der Waals surface area contributed by atoms with E-state index in [1.807, 2.05) is 4.72 Å². The molecule has 8 nitrogen and oxygen atoms in total. The number of benzene rings is 1. The lowest BCUT2D eigenvalue weighted by molar-refractivity contribution is 0.0976. The van der Waals surface area contributed by atoms with Crippen LogP contribution in [0.3, 0.4) is 0 Å². The summed E-state index contributed by atoms with van der Waals surface area (Å²) in [7, 11) is -2.11. The average molecular weight is 310 g/mol. The monoisotopic (exact) mass is 310 g/mol. The lowest BCUT2D eigenvalue weighted by atomic mass is 10.2. The average Bonchev–Trinajstić information content (AvgIpc) is 2.79. The molecule has 0 saturated heterocycles. The highest BCUT2D eigenvalue weighted by molar-refractivity contribution is 7.89. The third-order valence-electron chi connectivity index (χ3n) is 2.69. The fourth-order valence-electron chi connectivity index (χ4n) is 1.74. The number of methoxy groups -OCH3 is 1. The molecule has 9 heteroatoms. The number of rotatable bonds is 4. The fraction of sp³-hybridized carbons (Fsp3) is 0.250. The van der Waals surface area contributed by atoms with Gasteiger partial charge in [0.05, 0.1) is 24.7 Å². The van der Waals surface area contributed by atoms with Crippen molar-refractivity contribution in [3.8, 4) is 11.4 Å². The molecule has 0 saturated carbocycles. The number of ether oxygens (including phenoxy) is 1. The highest BCUT2D eigenvalue weighted by atomic mass is 32.2. The topological polar surface area (TPSA) is 103 Å². The van der Waals surface area contributed by atoms with E-state index in [0.29, 0.717) is 17.1 Å². The number of aromatic nitrogens is 3. The second kappa shape index (κ2) is 5.52. The Kier molecular flexibility index (Phi) is 3.94. The van der Waals surface area contributed by atoms with Crippen LogP contribution in [-0.4, -0.2) is 42.7 Å². The maximum atomic E-state index is 11.8. The molecule has 1 aromatic heterocycles. The zero-order chi connectivity index (χ0) is 15.6. The number of hydrogen-bond donors (Lipinski definition) is 1. The Morgan fingerprint density at radius 3 is 2.71 bits per heavy atom. The van der Waals surface area contributed by atoms with Crippen molar-refractivity contribution in [2.75, 3.05) is 13.4 Å². The van der Waals surface area contributed by atoms with E-state index in [-0.39, 0.29) is 5.69 Å². The summed E-state index contributed by atoms with van der Waals surface area (Å²) in [5.41, 5.74) is 1.02. The van der Waals surface area contributed by atoms with Crippen LogP contribution in [-0.2, 0) is 10.0 Å². The molecule has 21 heavy (non-hydrogen) atoms. The van der Waals surface area contributed by atoms with E-state index in [1.165, 1.54) is 11.8 Å². The zero-order valence-electron chi connectivity index (χ0n) is 11.7. The first kappa shape index (κ1) is 15.0. The van der Waals surface area contributed by atoms with Gasteiger partial charge in [-0.25, -0.2) is 17.8 Å². The number of nitrogens with zero attached hydrogens (tertiary/aromatic N) is 3. The third-order valence-corrected chi connectivity index (χ3v) is 3.24. The van der Waals surface area contributed by atoms with Gasteiger partial charge in [-0.1, -0.05) is 11.3 Å². The van der Waals surface area contributed by atoms with Crippen molar-refractivity contribution in [2.45, 2.75) is 6.92 Å². The van der Waals surface area contributed by atoms with Crippen molar-refractivity contribution in [2.24, 2.45) is 0 Å². The second-order valence-electron chi connectivity index (χ2n) is 4.34. The largest absolute Gasteiger partial charge is 0.497 e. The van der Waals surface area contributed by atoms with E-state index in [0.717, 1.165) is 6.26 Å². The minimum Gasteiger partial charge on any atom is -0.497 e. The number of carbonyl (C=O) groups excluding carboxylic acids is 1. The predicted octanol–water partition coefficient (Wildman–Crippen LogP) is 0.274. The quantitative estimate of drug-likeness (QED) is 0.869. The lowest BCUT2D eigenvalue weighted by Crippen LogP contribution is -2.30. The Morgan fingerprint density at radius 1 is 1.38 bits per heavy atom. The molecule has 0 atom stereocenters. The van der Waals surface area contributed by atoms with Crippen molar-refractivity contribution in [3.63, 3.8) is 0 Å². The highest BCUT2D eigenvalue weighted by Gasteiger charge is 2.20. The normalized spacial score (nSPS) is 11.2. The number of carbonyl (C=O) groups is 1. The molecule has 0 unspecified atom stereocenters. The third kappa shape index (κ3) is 3.37. The molecule has 0 aliphatic carbocycles. The molecule has 0 aliphatic rings. The summed E-state index contributed by atoms with van der Waals surface area (Å²) in [6, 6.07) is 7.03. The fourth-order valence-corrected chi connectivity index (χ4v) is 2.18. The van der Waals surface area contributed by atoms with E-state index >= 15 is 0 Å². The van der Waals surface area contributed by atoms with Crippen LogP contribution >= 0.6 is 0 Å². The van der Waals surface area contributed by atoms with Gasteiger partial charge >= 0.3 is 0 Å². The van der Waals surface area contributed by atoms with Gasteiger partial charge in [0.25, 0.3) is 5.91 Å². The molecule has 2 rings (SSSR count). The molecule has 0 fully saturated rings. The van der Waals surface area contributed by atoms with Crippen LogP contribution in [0.25, 0.3) is 5.69 Å². The standard InChI is InChI=1S/C12H14N4O4S/c1-8-11(12(17)14-21(3,18)19)13-15-16(8)9-5-4-6-10(7-9)20-2/h4-7H,1-3H3,(H,14,17). The van der Waals surface area contributed by atoms with Crippen LogP contribution in [0.2, 0.25) is 0 Å². The van der Waals surface area contributed by atoms with Crippen LogP contribution in [0.1, 0.15) is 16.2 Å². The van der Waals surface area contributed by atoms with Crippen molar-refractivity contribution < 1.29 is 17.9 Å². The van der Waals surface area contributed by atoms with Gasteiger partial charge in [0.1, 0.15) is 5.75 Å². The van der Waals surface area contributed by atoms with E-state index < -0.39 is 15.9 Å². The Hall–Kier alpha value is -2.42. The molecular formula is C12H14N4O4S. The predicted molar refractivity (Wildman–Crippen MR) is 75.0 cm³/mol. The summed E-state index contributed by atoms with van der Waals surface area (Å²) in [6.07, 6.45) is 0.896. The molecule has 1 amide bonds. The van der Waals surface area contributed by atoms with Gasteiger partial charge in [-0.15, -0.1) is 5.10 Å². The van der Waals surface area contributed by atoms with Gasteiger partial charge in [0.15, 0.2) is 5.69 Å². The van der Waals surface area contributed by atoms with Gasteiger partial charge in [-0.2, -0.15) is 0 Å². The maximum absolute atomic E-state index is 11.8. The Labute approximate surface area is 121 Å². The minimum absolute atomic E-state index is 0.0526. The van der Waals surface area contributed by atoms with Gasteiger partial charge < -0.3 is 4.74 Å². The minimum atomic E-state index is -3.65. The molecule has 1 aromatic carbocycles. The van der Waals surface area contributed by atoms with Crippen molar-refractivity contribution in [1.29, 1.82) is 0 Å². The van der Waals surface area contributed by atoms with E-state index in [4.69, 9.17) is 4.74 Å². The number of amides is 1. The molecule has 1 heterocycles. The van der Waals surface area contributed by atoms with Crippen LogP contribution in [0.5, 0.6) is 5.75 Å². The molecule has 2 aromatic rings. The summed E-state index contributed by atoms with van der Waals surface area (Å²) < 4.78 is 30.6. The first-order chi connectivity index (χ1) is 9.81. The summed E-state index contributed by atoms with van der Waals surface area (Å²) in [5.74, 6) is -0.186. The number of sulfonamides is 1. The van der Waals surface area contributed by atoms with Gasteiger partial charge in [0, 0.05) is 6.07 Å². The summed E-state index contributed by atoms with van der Waals surface area (Å²) in [5, 5.41) is 7.60. The Balaban J connectivity index is 2.38. The highest BCUT2D eigenvalue weighted by Crippen LogP contribution is 2.18. The molecule has 112 valence electrons. The summed E-state index contributed by atoms with van der Waals surface area (Å²) >= 11 is 0. The van der Waals surface area contributed by atoms with Crippen LogP contribution in [0, 0.1) is 6.92 Å². The molecule has 0 radical (unpaired) electrons. The molecule has 1 N–H and O–H groups in total. The van der Waals surface area contributed by atoms with E-state index in [9.17, 15) is 13.2 Å². The molecule has 0 spiro atoms. The summed E-state index contributed by atoms with van der Waals surface area (Å²) in [4.78, 5) is 11.8. The Morgan fingerprint density at radius 2 is 2.10 bits per heavy atom. The Bertz CT molecular complexity index is 782. The molecular weight excluding hydrogens is 296 g/mol. The molecule has 0 aliphatic heterocycles. The van der Waals surface area contributed by atoms with E-state index in [2.05, 4.69) is 10.3 Å². The van der Waals surface area contributed by atoms with Crippen LogP contribution < -0.4 is 9.46 Å². The first-order valence-corrected chi connectivity index (χ1v) is 7.80. The van der Waals surface area contributed by atoms with Crippen LogP contribution in [0.4, 0.5) is 0 Å². The summed E-state index contributed by atoms with van der Waals surface area (Å²) in [6.45, 7) is 1.62. The first-order valence-electron chi connectivity index (χ1n) is 5.90. The van der Waals surface area contributed by atoms with Crippen molar-refractivity contribution in [1.82, 2.24) is 19.7 Å². The second-order valence-corrected chi connectivity index (χ2v) is 6.09. The smallest absolute Gasteiger partial charge is 0.287 e.